The van der Waals surface area contributed by atoms with Gasteiger partial charge in [-0.2, -0.15) is 9.64 Å². The van der Waals surface area contributed by atoms with Crippen molar-refractivity contribution in [1.82, 2.24) is 4.37 Å². The molecule has 1 heterocycles. The van der Waals surface area contributed by atoms with E-state index >= 15 is 0 Å². The Bertz CT molecular complexity index is 1100. The third-order valence-electron chi connectivity index (χ3n) is 4.46. The summed E-state index contributed by atoms with van der Waals surface area (Å²) in [6, 6.07) is 18.0. The van der Waals surface area contributed by atoms with Gasteiger partial charge in [0.05, 0.1) is 11.4 Å². The summed E-state index contributed by atoms with van der Waals surface area (Å²) in [4.78, 5) is 13.9. The molecule has 0 saturated heterocycles. The Kier molecular flexibility index (Phi) is 6.88. The summed E-state index contributed by atoms with van der Waals surface area (Å²) in [5.74, 6) is -0.193. The first-order valence-electron chi connectivity index (χ1n) is 9.50. The molecule has 2 aromatic carbocycles. The molecule has 0 radical (unpaired) electrons. The highest BCUT2D eigenvalue weighted by molar-refractivity contribution is 7.10. The fraction of sp³-hybridized carbons (Fsp3) is 0.227. The maximum absolute atomic E-state index is 11.7. The van der Waals surface area contributed by atoms with Crippen LogP contribution in [0.15, 0.2) is 58.8 Å². The molecule has 30 heavy (non-hydrogen) atoms. The standard InChI is InChI=1S/C22H22N6OS/c1-4-28(14-17-8-6-5-7-9-17)18-10-11-20(21(12-18)24-16(3)29)25-26-22-19(13-23)15(2)27-30-22/h5-12H,4,14H2,1-3H3,(H,24,29). The number of nitriles is 1. The topological polar surface area (TPSA) is 93.7 Å². The van der Waals surface area contributed by atoms with E-state index in [9.17, 15) is 10.1 Å². The molecule has 1 N–H and O–H groups in total. The highest BCUT2D eigenvalue weighted by Gasteiger charge is 2.12. The molecule has 0 spiro atoms. The summed E-state index contributed by atoms with van der Waals surface area (Å²) in [7, 11) is 0. The summed E-state index contributed by atoms with van der Waals surface area (Å²) in [5, 5.41) is 21.0. The first-order chi connectivity index (χ1) is 14.5. The molecule has 0 atom stereocenters. The maximum atomic E-state index is 11.7. The van der Waals surface area contributed by atoms with Crippen LogP contribution in [0.1, 0.15) is 30.7 Å². The van der Waals surface area contributed by atoms with Gasteiger partial charge >= 0.3 is 0 Å². The van der Waals surface area contributed by atoms with Gasteiger partial charge in [-0.3, -0.25) is 4.79 Å². The minimum Gasteiger partial charge on any atom is -0.367 e. The van der Waals surface area contributed by atoms with Crippen LogP contribution in [0.4, 0.5) is 22.1 Å². The Labute approximate surface area is 179 Å². The lowest BCUT2D eigenvalue weighted by molar-refractivity contribution is -0.114. The molecule has 3 aromatic rings. The third kappa shape index (κ3) is 5.07. The number of carbonyl (C=O) groups is 1. The van der Waals surface area contributed by atoms with Crippen LogP contribution < -0.4 is 10.2 Å². The van der Waals surface area contributed by atoms with E-state index in [1.54, 1.807) is 6.92 Å². The van der Waals surface area contributed by atoms with Crippen molar-refractivity contribution >= 4 is 39.5 Å². The number of hydrogen-bond acceptors (Lipinski definition) is 7. The Balaban J connectivity index is 1.92. The second kappa shape index (κ2) is 9.76. The van der Waals surface area contributed by atoms with Crippen molar-refractivity contribution < 1.29 is 4.79 Å². The molecule has 0 fully saturated rings. The molecule has 0 saturated carbocycles. The molecule has 0 aliphatic rings. The number of hydrogen-bond donors (Lipinski definition) is 1. The zero-order valence-corrected chi connectivity index (χ0v) is 17.9. The van der Waals surface area contributed by atoms with E-state index in [1.165, 1.54) is 12.5 Å². The molecule has 0 unspecified atom stereocenters. The van der Waals surface area contributed by atoms with Gasteiger partial charge in [-0.25, -0.2) is 0 Å². The summed E-state index contributed by atoms with van der Waals surface area (Å²) in [5.41, 5.74) is 4.30. The van der Waals surface area contributed by atoms with E-state index in [-0.39, 0.29) is 5.91 Å². The SMILES string of the molecule is CCN(Cc1ccccc1)c1ccc(N=Nc2snc(C)c2C#N)c(NC(C)=O)c1. The van der Waals surface area contributed by atoms with Crippen molar-refractivity contribution in [2.75, 3.05) is 16.8 Å². The van der Waals surface area contributed by atoms with E-state index < -0.39 is 0 Å². The monoisotopic (exact) mass is 418 g/mol. The van der Waals surface area contributed by atoms with Crippen LogP contribution in [0.5, 0.6) is 0 Å². The van der Waals surface area contributed by atoms with Crippen molar-refractivity contribution in [3.8, 4) is 6.07 Å². The van der Waals surface area contributed by atoms with Gasteiger partial charge in [-0.1, -0.05) is 30.3 Å². The Hall–Kier alpha value is -3.57. The van der Waals surface area contributed by atoms with Gasteiger partial charge in [0.25, 0.3) is 0 Å². The first-order valence-corrected chi connectivity index (χ1v) is 10.3. The van der Waals surface area contributed by atoms with Crippen LogP contribution in [0.25, 0.3) is 0 Å². The molecule has 0 aliphatic carbocycles. The fourth-order valence-corrected chi connectivity index (χ4v) is 3.62. The quantitative estimate of drug-likeness (QED) is 0.496. The van der Waals surface area contributed by atoms with E-state index in [4.69, 9.17) is 0 Å². The van der Waals surface area contributed by atoms with Crippen LogP contribution in [-0.4, -0.2) is 16.8 Å². The molecule has 3 rings (SSSR count). The average molecular weight is 419 g/mol. The smallest absolute Gasteiger partial charge is 0.221 e. The molecule has 152 valence electrons. The number of amides is 1. The van der Waals surface area contributed by atoms with E-state index in [2.05, 4.69) is 49.9 Å². The molecule has 1 aromatic heterocycles. The summed E-state index contributed by atoms with van der Waals surface area (Å²) in [6.07, 6.45) is 0. The number of aromatic nitrogens is 1. The van der Waals surface area contributed by atoms with Crippen LogP contribution in [0, 0.1) is 18.3 Å². The second-order valence-corrected chi connectivity index (χ2v) is 7.39. The van der Waals surface area contributed by atoms with Crippen LogP contribution in [-0.2, 0) is 11.3 Å². The lowest BCUT2D eigenvalue weighted by atomic mass is 10.1. The van der Waals surface area contributed by atoms with Gasteiger partial charge in [0.1, 0.15) is 17.3 Å². The van der Waals surface area contributed by atoms with E-state index in [0.717, 1.165) is 30.3 Å². The molecule has 7 nitrogen and oxygen atoms in total. The number of benzene rings is 2. The van der Waals surface area contributed by atoms with E-state index in [0.29, 0.717) is 27.6 Å². The molecule has 8 heteroatoms. The minimum absolute atomic E-state index is 0.193. The summed E-state index contributed by atoms with van der Waals surface area (Å²) in [6.45, 7) is 6.86. The molecule has 1 amide bonds. The molecule has 0 bridgehead atoms. The van der Waals surface area contributed by atoms with Gasteiger partial charge in [0, 0.05) is 25.7 Å². The lowest BCUT2D eigenvalue weighted by Crippen LogP contribution is -2.22. The average Bonchev–Trinajstić information content (AvgIpc) is 3.10. The Morgan fingerprint density at radius 3 is 2.67 bits per heavy atom. The number of azo groups is 1. The molecular weight excluding hydrogens is 396 g/mol. The number of nitrogens with one attached hydrogen (secondary N) is 1. The predicted octanol–water partition coefficient (Wildman–Crippen LogP) is 5.72. The highest BCUT2D eigenvalue weighted by atomic mass is 32.1. The van der Waals surface area contributed by atoms with Gasteiger partial charge in [0.15, 0.2) is 5.00 Å². The molecular formula is C22H22N6OS. The number of aryl methyl sites for hydroxylation is 1. The molecule has 0 aliphatic heterocycles. The van der Waals surface area contributed by atoms with Crippen LogP contribution >= 0.6 is 11.5 Å². The number of nitrogens with zero attached hydrogens (tertiary/aromatic N) is 5. The van der Waals surface area contributed by atoms with Crippen molar-refractivity contribution in [1.29, 1.82) is 5.26 Å². The van der Waals surface area contributed by atoms with Gasteiger partial charge in [-0.05, 0) is 49.1 Å². The van der Waals surface area contributed by atoms with Gasteiger partial charge in [0.2, 0.25) is 5.91 Å². The normalized spacial score (nSPS) is 10.7. The fourth-order valence-electron chi connectivity index (χ4n) is 2.94. The number of anilines is 2. The Morgan fingerprint density at radius 2 is 2.00 bits per heavy atom. The van der Waals surface area contributed by atoms with Gasteiger partial charge < -0.3 is 10.2 Å². The van der Waals surface area contributed by atoms with Crippen molar-refractivity contribution in [2.24, 2.45) is 10.2 Å². The minimum atomic E-state index is -0.193. The third-order valence-corrected chi connectivity index (χ3v) is 5.28. The van der Waals surface area contributed by atoms with E-state index in [1.807, 2.05) is 36.4 Å². The van der Waals surface area contributed by atoms with Crippen molar-refractivity contribution in [2.45, 2.75) is 27.3 Å². The highest BCUT2D eigenvalue weighted by Crippen LogP contribution is 2.34. The Morgan fingerprint density at radius 1 is 1.23 bits per heavy atom. The summed E-state index contributed by atoms with van der Waals surface area (Å²) >= 11 is 1.12. The lowest BCUT2D eigenvalue weighted by Gasteiger charge is -2.24. The van der Waals surface area contributed by atoms with Crippen molar-refractivity contribution in [3.63, 3.8) is 0 Å². The summed E-state index contributed by atoms with van der Waals surface area (Å²) < 4.78 is 4.15. The zero-order chi connectivity index (χ0) is 21.5. The number of carbonyl (C=O) groups excluding carboxylic acids is 1. The maximum Gasteiger partial charge on any atom is 0.221 e. The number of rotatable bonds is 7. The first kappa shape index (κ1) is 21.1. The zero-order valence-electron chi connectivity index (χ0n) is 17.1. The van der Waals surface area contributed by atoms with Crippen LogP contribution in [0.2, 0.25) is 0 Å². The van der Waals surface area contributed by atoms with Gasteiger partial charge in [-0.15, -0.1) is 10.2 Å². The largest absolute Gasteiger partial charge is 0.367 e. The second-order valence-electron chi connectivity index (χ2n) is 6.64. The van der Waals surface area contributed by atoms with Crippen molar-refractivity contribution in [3.05, 3.63) is 65.4 Å². The predicted molar refractivity (Wildman–Crippen MR) is 120 cm³/mol. The van der Waals surface area contributed by atoms with Crippen LogP contribution in [0.3, 0.4) is 0 Å².